The molecule has 0 unspecified atom stereocenters. The van der Waals surface area contributed by atoms with E-state index < -0.39 is 58.4 Å². The average molecular weight is 518 g/mol. The number of hydrogen-bond acceptors (Lipinski definition) is 9. The van der Waals surface area contributed by atoms with E-state index in [2.05, 4.69) is 5.32 Å². The van der Waals surface area contributed by atoms with Gasteiger partial charge in [0.15, 0.2) is 11.6 Å². The molecule has 1 aliphatic carbocycles. The minimum Gasteiger partial charge on any atom is -0.397 e. The fraction of sp³-hybridized carbons (Fsp3) is 0.0909. The van der Waals surface area contributed by atoms with Gasteiger partial charge in [0.2, 0.25) is 0 Å². The maximum absolute atomic E-state index is 13.5. The standard InChI is InChI=1S/C22H19N3O8S2/c1-10-5-6-12(7-11(10)9-23)25-14-8-16(35(31,32)33)20(24)19-18(14)21(26)13-3-2-4-15(34(28,29)30)17(13)22(19)27/h2-8,25H,9,23-24H2,1H3,(H,28,29,30)(H,31,32,33). The zero-order valence-electron chi connectivity index (χ0n) is 18.1. The van der Waals surface area contributed by atoms with Gasteiger partial charge in [-0.3, -0.25) is 18.7 Å². The van der Waals surface area contributed by atoms with Crippen LogP contribution in [0.1, 0.15) is 43.0 Å². The number of ketones is 2. The number of hydrogen-bond donors (Lipinski definition) is 5. The Kier molecular flexibility index (Phi) is 5.78. The van der Waals surface area contributed by atoms with Crippen LogP contribution in [0.2, 0.25) is 0 Å². The third-order valence-corrected chi connectivity index (χ3v) is 7.48. The number of carbonyl (C=O) groups is 2. The highest BCUT2D eigenvalue weighted by molar-refractivity contribution is 7.86. The van der Waals surface area contributed by atoms with Gasteiger partial charge in [-0.05, 0) is 42.3 Å². The van der Waals surface area contributed by atoms with Crippen LogP contribution in [-0.4, -0.2) is 37.5 Å². The van der Waals surface area contributed by atoms with Gasteiger partial charge < -0.3 is 16.8 Å². The summed E-state index contributed by atoms with van der Waals surface area (Å²) >= 11 is 0. The van der Waals surface area contributed by atoms with Gasteiger partial charge in [-0.15, -0.1) is 0 Å². The molecule has 4 rings (SSSR count). The molecular formula is C22H19N3O8S2. The molecule has 0 fully saturated rings. The van der Waals surface area contributed by atoms with E-state index in [1.165, 1.54) is 12.1 Å². The van der Waals surface area contributed by atoms with E-state index >= 15 is 0 Å². The van der Waals surface area contributed by atoms with Crippen molar-refractivity contribution in [2.24, 2.45) is 5.73 Å². The zero-order chi connectivity index (χ0) is 25.9. The summed E-state index contributed by atoms with van der Waals surface area (Å²) in [5.41, 5.74) is 10.8. The zero-order valence-corrected chi connectivity index (χ0v) is 19.7. The second-order valence-electron chi connectivity index (χ2n) is 7.84. The molecule has 0 atom stereocenters. The summed E-state index contributed by atoms with van der Waals surface area (Å²) < 4.78 is 67.2. The van der Waals surface area contributed by atoms with Crippen LogP contribution >= 0.6 is 0 Å². The molecule has 3 aromatic carbocycles. The highest BCUT2D eigenvalue weighted by Gasteiger charge is 2.39. The molecule has 1 aliphatic rings. The average Bonchev–Trinajstić information content (AvgIpc) is 2.77. The number of rotatable bonds is 5. The Balaban J connectivity index is 2.05. The first-order valence-corrected chi connectivity index (χ1v) is 12.8. The van der Waals surface area contributed by atoms with Crippen molar-refractivity contribution >= 4 is 48.9 Å². The fourth-order valence-corrected chi connectivity index (χ4v) is 5.37. The molecule has 13 heteroatoms. The number of carbonyl (C=O) groups excluding carboxylic acids is 2. The normalized spacial score (nSPS) is 13.4. The van der Waals surface area contributed by atoms with E-state index in [0.29, 0.717) is 5.69 Å². The van der Waals surface area contributed by atoms with Gasteiger partial charge in [0.05, 0.1) is 28.1 Å². The molecule has 182 valence electrons. The first kappa shape index (κ1) is 24.5. The number of nitrogens with one attached hydrogen (secondary N) is 1. The molecule has 3 aromatic rings. The summed E-state index contributed by atoms with van der Waals surface area (Å²) in [5, 5.41) is 2.87. The maximum Gasteiger partial charge on any atom is 0.296 e. The van der Waals surface area contributed by atoms with Crippen molar-refractivity contribution in [2.45, 2.75) is 23.3 Å². The van der Waals surface area contributed by atoms with Crippen LogP contribution in [0.5, 0.6) is 0 Å². The lowest BCUT2D eigenvalue weighted by Gasteiger charge is -2.24. The predicted octanol–water partition coefficient (Wildman–Crippen LogP) is 2.05. The molecule has 7 N–H and O–H groups in total. The largest absolute Gasteiger partial charge is 0.397 e. The minimum absolute atomic E-state index is 0.171. The van der Waals surface area contributed by atoms with Gasteiger partial charge >= 0.3 is 0 Å². The molecule has 0 saturated carbocycles. The third kappa shape index (κ3) is 4.09. The lowest BCUT2D eigenvalue weighted by Crippen LogP contribution is -2.27. The van der Waals surface area contributed by atoms with Crippen LogP contribution in [0.3, 0.4) is 0 Å². The topological polar surface area (TPSA) is 207 Å². The summed E-state index contributed by atoms with van der Waals surface area (Å²) in [6.07, 6.45) is 0. The van der Waals surface area contributed by atoms with Crippen LogP contribution in [-0.2, 0) is 26.8 Å². The Labute approximate surface area is 200 Å². The quantitative estimate of drug-likeness (QED) is 0.191. The highest BCUT2D eigenvalue weighted by atomic mass is 32.2. The molecule has 0 heterocycles. The molecular weight excluding hydrogens is 498 g/mol. The predicted molar refractivity (Wildman–Crippen MR) is 126 cm³/mol. The van der Waals surface area contributed by atoms with Crippen LogP contribution < -0.4 is 16.8 Å². The number of benzene rings is 3. The van der Waals surface area contributed by atoms with Crippen molar-refractivity contribution in [1.82, 2.24) is 0 Å². The van der Waals surface area contributed by atoms with Crippen molar-refractivity contribution in [1.29, 1.82) is 0 Å². The van der Waals surface area contributed by atoms with Gasteiger partial charge in [-0.25, -0.2) is 0 Å². The Morgan fingerprint density at radius 2 is 1.51 bits per heavy atom. The Morgan fingerprint density at radius 1 is 0.857 bits per heavy atom. The molecule has 0 saturated heterocycles. The molecule has 0 spiro atoms. The van der Waals surface area contributed by atoms with Crippen molar-refractivity contribution in [3.63, 3.8) is 0 Å². The van der Waals surface area contributed by atoms with E-state index in [1.807, 2.05) is 6.92 Å². The monoisotopic (exact) mass is 517 g/mol. The molecule has 0 radical (unpaired) electrons. The van der Waals surface area contributed by atoms with Gasteiger partial charge in [0.25, 0.3) is 20.2 Å². The minimum atomic E-state index is -4.97. The number of nitrogens with two attached hydrogens (primary N) is 2. The Hall–Kier alpha value is -3.62. The van der Waals surface area contributed by atoms with E-state index in [0.717, 1.165) is 23.3 Å². The number of anilines is 3. The van der Waals surface area contributed by atoms with Crippen LogP contribution in [0, 0.1) is 6.92 Å². The van der Waals surface area contributed by atoms with Crippen molar-refractivity contribution < 1.29 is 35.5 Å². The Morgan fingerprint density at radius 3 is 2.11 bits per heavy atom. The molecule has 0 bridgehead atoms. The van der Waals surface area contributed by atoms with Gasteiger partial charge in [-0.1, -0.05) is 18.2 Å². The number of fused-ring (bicyclic) bond motifs is 2. The summed E-state index contributed by atoms with van der Waals surface area (Å²) in [4.78, 5) is 25.2. The second-order valence-corrected chi connectivity index (χ2v) is 10.6. The summed E-state index contributed by atoms with van der Waals surface area (Å²) in [6.45, 7) is 2.03. The summed E-state index contributed by atoms with van der Waals surface area (Å²) in [7, 11) is -9.91. The van der Waals surface area contributed by atoms with Crippen molar-refractivity contribution in [3.8, 4) is 0 Å². The first-order valence-electron chi connectivity index (χ1n) is 9.96. The van der Waals surface area contributed by atoms with Gasteiger partial charge in [-0.2, -0.15) is 16.8 Å². The van der Waals surface area contributed by atoms with Crippen LogP contribution in [0.25, 0.3) is 0 Å². The molecule has 0 aliphatic heterocycles. The SMILES string of the molecule is Cc1ccc(Nc2cc(S(=O)(=O)O)c(N)c3c2C(=O)c2cccc(S(=O)(=O)O)c2C3=O)cc1CN. The van der Waals surface area contributed by atoms with Crippen LogP contribution in [0.15, 0.2) is 52.3 Å². The first-order chi connectivity index (χ1) is 16.3. The third-order valence-electron chi connectivity index (χ3n) is 5.69. The fourth-order valence-electron chi connectivity index (χ4n) is 4.01. The smallest absolute Gasteiger partial charge is 0.296 e. The van der Waals surface area contributed by atoms with Gasteiger partial charge in [0, 0.05) is 17.8 Å². The highest BCUT2D eigenvalue weighted by Crippen LogP contribution is 2.41. The lowest BCUT2D eigenvalue weighted by molar-refractivity contribution is 0.0977. The number of nitrogen functional groups attached to an aromatic ring is 1. The molecule has 0 amide bonds. The van der Waals surface area contributed by atoms with E-state index in [9.17, 15) is 35.5 Å². The number of aryl methyl sites for hydroxylation is 1. The van der Waals surface area contributed by atoms with E-state index in [1.54, 1.807) is 18.2 Å². The maximum atomic E-state index is 13.5. The Bertz CT molecular complexity index is 1660. The summed E-state index contributed by atoms with van der Waals surface area (Å²) in [6, 6.07) is 9.23. The molecule has 35 heavy (non-hydrogen) atoms. The van der Waals surface area contributed by atoms with Crippen molar-refractivity contribution in [3.05, 3.63) is 75.8 Å². The lowest BCUT2D eigenvalue weighted by atomic mass is 9.82. The van der Waals surface area contributed by atoms with Gasteiger partial charge in [0.1, 0.15) is 9.79 Å². The summed E-state index contributed by atoms with van der Waals surface area (Å²) in [5.74, 6) is -1.96. The van der Waals surface area contributed by atoms with Crippen molar-refractivity contribution in [2.75, 3.05) is 11.1 Å². The van der Waals surface area contributed by atoms with E-state index in [-0.39, 0.29) is 23.4 Å². The van der Waals surface area contributed by atoms with E-state index in [4.69, 9.17) is 11.5 Å². The van der Waals surface area contributed by atoms with Crippen LogP contribution in [0.4, 0.5) is 17.1 Å². The molecule has 11 nitrogen and oxygen atoms in total. The second kappa shape index (κ2) is 8.25. The molecule has 0 aromatic heterocycles.